The van der Waals surface area contributed by atoms with Gasteiger partial charge in [-0.2, -0.15) is 0 Å². The van der Waals surface area contributed by atoms with Crippen molar-refractivity contribution in [3.05, 3.63) is 0 Å². The minimum absolute atomic E-state index is 0.0255. The highest BCUT2D eigenvalue weighted by Crippen LogP contribution is 2.20. The Morgan fingerprint density at radius 2 is 2.15 bits per heavy atom. The number of hydrogen-bond acceptors (Lipinski definition) is 2. The van der Waals surface area contributed by atoms with Crippen LogP contribution < -0.4 is 0 Å². The molecule has 1 aliphatic rings. The van der Waals surface area contributed by atoms with Gasteiger partial charge in [0.2, 0.25) is 5.91 Å². The van der Waals surface area contributed by atoms with Crippen LogP contribution in [0.25, 0.3) is 0 Å². The smallest absolute Gasteiger partial charge is 0.223 e. The zero-order valence-electron chi connectivity index (χ0n) is 8.54. The third kappa shape index (κ3) is 2.29. The number of amides is 1. The highest BCUT2D eigenvalue weighted by atomic mass is 16.2. The lowest BCUT2D eigenvalue weighted by Crippen LogP contribution is -2.44. The van der Waals surface area contributed by atoms with Gasteiger partial charge in [0.25, 0.3) is 0 Å². The summed E-state index contributed by atoms with van der Waals surface area (Å²) in [6, 6.07) is 0.264. The quantitative estimate of drug-likeness (QED) is 0.645. The fourth-order valence-electron chi connectivity index (χ4n) is 1.74. The summed E-state index contributed by atoms with van der Waals surface area (Å²) in [6.07, 6.45) is 1.24. The molecule has 0 saturated carbocycles. The summed E-state index contributed by atoms with van der Waals surface area (Å²) in [5.41, 5.74) is 0. The van der Waals surface area contributed by atoms with Gasteiger partial charge in [0.15, 0.2) is 0 Å². The van der Waals surface area contributed by atoms with E-state index in [4.69, 9.17) is 0 Å². The minimum Gasteiger partial charge on any atom is -0.340 e. The SMILES string of the molecule is CC(=O)C1CCN(C(C)C)C(=O)C1. The monoisotopic (exact) mass is 183 g/mol. The average Bonchev–Trinajstić information content (AvgIpc) is 2.03. The standard InChI is InChI=1S/C10H17NO2/c1-7(2)11-5-4-9(8(3)12)6-10(11)13/h7,9H,4-6H2,1-3H3. The second-order valence-electron chi connectivity index (χ2n) is 3.98. The highest BCUT2D eigenvalue weighted by molar-refractivity contribution is 5.86. The summed E-state index contributed by atoms with van der Waals surface area (Å²) in [5.74, 6) is 0.251. The third-order valence-corrected chi connectivity index (χ3v) is 2.66. The number of nitrogens with zero attached hydrogens (tertiary/aromatic N) is 1. The Morgan fingerprint density at radius 3 is 2.54 bits per heavy atom. The molecule has 0 spiro atoms. The van der Waals surface area contributed by atoms with Crippen LogP contribution in [-0.4, -0.2) is 29.2 Å². The lowest BCUT2D eigenvalue weighted by Gasteiger charge is -2.33. The Labute approximate surface area is 79.1 Å². The molecule has 0 N–H and O–H groups in total. The van der Waals surface area contributed by atoms with Crippen molar-refractivity contribution >= 4 is 11.7 Å². The van der Waals surface area contributed by atoms with Crippen molar-refractivity contribution in [2.24, 2.45) is 5.92 Å². The second-order valence-corrected chi connectivity index (χ2v) is 3.98. The molecule has 13 heavy (non-hydrogen) atoms. The molecular weight excluding hydrogens is 166 g/mol. The molecule has 1 atom stereocenters. The first-order valence-corrected chi connectivity index (χ1v) is 4.82. The zero-order valence-corrected chi connectivity index (χ0v) is 8.54. The summed E-state index contributed by atoms with van der Waals surface area (Å²) in [4.78, 5) is 24.4. The van der Waals surface area contributed by atoms with Crippen LogP contribution in [0, 0.1) is 5.92 Å². The summed E-state index contributed by atoms with van der Waals surface area (Å²) >= 11 is 0. The topological polar surface area (TPSA) is 37.4 Å². The van der Waals surface area contributed by atoms with Crippen molar-refractivity contribution in [1.82, 2.24) is 4.90 Å². The summed E-state index contributed by atoms with van der Waals surface area (Å²) in [5, 5.41) is 0. The Hall–Kier alpha value is -0.860. The van der Waals surface area contributed by atoms with Crippen molar-refractivity contribution in [2.75, 3.05) is 6.54 Å². The summed E-state index contributed by atoms with van der Waals surface area (Å²) in [7, 11) is 0. The molecule has 0 aliphatic carbocycles. The number of rotatable bonds is 2. The maximum Gasteiger partial charge on any atom is 0.223 e. The average molecular weight is 183 g/mol. The van der Waals surface area contributed by atoms with Crippen molar-refractivity contribution in [3.8, 4) is 0 Å². The van der Waals surface area contributed by atoms with E-state index in [-0.39, 0.29) is 23.7 Å². The molecule has 0 bridgehead atoms. The molecule has 0 aromatic rings. The van der Waals surface area contributed by atoms with E-state index >= 15 is 0 Å². The molecule has 1 rings (SSSR count). The first-order chi connectivity index (χ1) is 6.02. The molecule has 3 heteroatoms. The van der Waals surface area contributed by atoms with Gasteiger partial charge in [0, 0.05) is 24.9 Å². The van der Waals surface area contributed by atoms with Crippen LogP contribution in [0.1, 0.15) is 33.6 Å². The summed E-state index contributed by atoms with van der Waals surface area (Å²) < 4.78 is 0. The zero-order chi connectivity index (χ0) is 10.0. The van der Waals surface area contributed by atoms with Gasteiger partial charge in [-0.3, -0.25) is 9.59 Å². The van der Waals surface area contributed by atoms with Crippen molar-refractivity contribution in [2.45, 2.75) is 39.7 Å². The molecule has 1 fully saturated rings. The van der Waals surface area contributed by atoms with Crippen molar-refractivity contribution in [3.63, 3.8) is 0 Å². The Balaban J connectivity index is 2.57. The molecule has 1 unspecified atom stereocenters. The van der Waals surface area contributed by atoms with E-state index in [9.17, 15) is 9.59 Å². The second kappa shape index (κ2) is 3.90. The number of likely N-dealkylation sites (tertiary alicyclic amines) is 1. The predicted octanol–water partition coefficient (Wildman–Crippen LogP) is 1.22. The molecule has 3 nitrogen and oxygen atoms in total. The van der Waals surface area contributed by atoms with Crippen molar-refractivity contribution in [1.29, 1.82) is 0 Å². The molecule has 1 saturated heterocycles. The van der Waals surface area contributed by atoms with Crippen LogP contribution in [0.5, 0.6) is 0 Å². The number of piperidine rings is 1. The number of carbonyl (C=O) groups excluding carboxylic acids is 2. The van der Waals surface area contributed by atoms with Gasteiger partial charge in [-0.25, -0.2) is 0 Å². The maximum atomic E-state index is 11.5. The Morgan fingerprint density at radius 1 is 1.54 bits per heavy atom. The lowest BCUT2D eigenvalue weighted by molar-refractivity contribution is -0.140. The van der Waals surface area contributed by atoms with E-state index in [0.29, 0.717) is 6.42 Å². The fraction of sp³-hybridized carbons (Fsp3) is 0.800. The Kier molecular flexibility index (Phi) is 3.07. The highest BCUT2D eigenvalue weighted by Gasteiger charge is 2.29. The van der Waals surface area contributed by atoms with E-state index in [1.54, 1.807) is 6.92 Å². The lowest BCUT2D eigenvalue weighted by atomic mass is 9.92. The molecule has 0 aromatic carbocycles. The van der Waals surface area contributed by atoms with Gasteiger partial charge in [0.1, 0.15) is 5.78 Å². The number of hydrogen-bond donors (Lipinski definition) is 0. The molecular formula is C10H17NO2. The molecule has 0 aromatic heterocycles. The van der Waals surface area contributed by atoms with Crippen LogP contribution in [0.4, 0.5) is 0 Å². The first kappa shape index (κ1) is 10.2. The van der Waals surface area contributed by atoms with Crippen LogP contribution in [0.15, 0.2) is 0 Å². The minimum atomic E-state index is -0.0255. The summed E-state index contributed by atoms with van der Waals surface area (Å²) in [6.45, 7) is 6.32. The van der Waals surface area contributed by atoms with Crippen LogP contribution >= 0.6 is 0 Å². The van der Waals surface area contributed by atoms with Crippen LogP contribution in [0.3, 0.4) is 0 Å². The number of ketones is 1. The largest absolute Gasteiger partial charge is 0.340 e. The molecule has 1 aliphatic heterocycles. The van der Waals surface area contributed by atoms with Gasteiger partial charge >= 0.3 is 0 Å². The van der Waals surface area contributed by atoms with Crippen LogP contribution in [-0.2, 0) is 9.59 Å². The molecule has 74 valence electrons. The van der Waals surface area contributed by atoms with Gasteiger partial charge < -0.3 is 4.90 Å². The van der Waals surface area contributed by atoms with E-state index < -0.39 is 0 Å². The normalized spacial score (nSPS) is 23.8. The number of Topliss-reactive ketones (excluding diaryl/α,β-unsaturated/α-hetero) is 1. The van der Waals surface area contributed by atoms with E-state index in [2.05, 4.69) is 0 Å². The third-order valence-electron chi connectivity index (χ3n) is 2.66. The maximum absolute atomic E-state index is 11.5. The van der Waals surface area contributed by atoms with Gasteiger partial charge in [-0.05, 0) is 27.2 Å². The molecule has 0 radical (unpaired) electrons. The van der Waals surface area contributed by atoms with E-state index in [0.717, 1.165) is 13.0 Å². The number of carbonyl (C=O) groups is 2. The van der Waals surface area contributed by atoms with Crippen LogP contribution in [0.2, 0.25) is 0 Å². The molecule has 1 amide bonds. The van der Waals surface area contributed by atoms with Gasteiger partial charge in [0.05, 0.1) is 0 Å². The van der Waals surface area contributed by atoms with E-state index in [1.165, 1.54) is 0 Å². The van der Waals surface area contributed by atoms with Crippen molar-refractivity contribution < 1.29 is 9.59 Å². The van der Waals surface area contributed by atoms with Gasteiger partial charge in [-0.15, -0.1) is 0 Å². The van der Waals surface area contributed by atoms with E-state index in [1.807, 2.05) is 18.7 Å². The van der Waals surface area contributed by atoms with Gasteiger partial charge in [-0.1, -0.05) is 0 Å². The Bertz CT molecular complexity index is 223. The predicted molar refractivity (Wildman–Crippen MR) is 50.3 cm³/mol. The fourth-order valence-corrected chi connectivity index (χ4v) is 1.74. The molecule has 1 heterocycles. The first-order valence-electron chi connectivity index (χ1n) is 4.82.